The van der Waals surface area contributed by atoms with E-state index in [0.29, 0.717) is 31.0 Å². The largest absolute Gasteiger partial charge is 0.356 e. The van der Waals surface area contributed by atoms with Crippen LogP contribution in [0.4, 0.5) is 0 Å². The molecule has 0 unspecified atom stereocenters. The molecule has 0 amide bonds. The van der Waals surface area contributed by atoms with Crippen molar-refractivity contribution in [2.45, 2.75) is 32.6 Å². The van der Waals surface area contributed by atoms with Crippen LogP contribution in [0.2, 0.25) is 0 Å². The summed E-state index contributed by atoms with van der Waals surface area (Å²) in [6, 6.07) is 0. The van der Waals surface area contributed by atoms with Gasteiger partial charge in [-0.3, -0.25) is 4.99 Å². The van der Waals surface area contributed by atoms with Crippen LogP contribution in [-0.2, 0) is 10.0 Å². The normalized spacial score (nSPS) is 22.4. The molecule has 1 heterocycles. The molecule has 2 N–H and O–H groups in total. The van der Waals surface area contributed by atoms with E-state index in [1.165, 1.54) is 25.7 Å². The maximum Gasteiger partial charge on any atom is 0.215 e. The number of sulfonamides is 1. The Hall–Kier alpha value is -0.470. The van der Waals surface area contributed by atoms with E-state index in [9.17, 15) is 8.42 Å². The summed E-state index contributed by atoms with van der Waals surface area (Å²) >= 11 is 1.81. The molecule has 23 heavy (non-hydrogen) atoms. The van der Waals surface area contributed by atoms with Crippen LogP contribution in [-0.4, -0.2) is 69.2 Å². The fraction of sp³-hybridized carbons (Fsp3) is 0.933. The van der Waals surface area contributed by atoms with E-state index in [1.54, 1.807) is 11.4 Å². The number of nitrogens with zero attached hydrogens (tertiary/aromatic N) is 2. The van der Waals surface area contributed by atoms with E-state index in [4.69, 9.17) is 0 Å². The third-order valence-electron chi connectivity index (χ3n) is 5.03. The highest BCUT2D eigenvalue weighted by atomic mass is 32.2. The lowest BCUT2D eigenvalue weighted by Gasteiger charge is -2.41. The molecule has 2 rings (SSSR count). The first-order valence-corrected chi connectivity index (χ1v) is 11.3. The van der Waals surface area contributed by atoms with E-state index in [0.717, 1.165) is 18.1 Å². The second-order valence-corrected chi connectivity index (χ2v) is 9.70. The molecule has 0 aromatic heterocycles. The van der Waals surface area contributed by atoms with Crippen LogP contribution in [0.25, 0.3) is 0 Å². The maximum atomic E-state index is 12.3. The molecular weight excluding hydrogens is 332 g/mol. The van der Waals surface area contributed by atoms with Gasteiger partial charge in [0.2, 0.25) is 10.0 Å². The first-order chi connectivity index (χ1) is 11.0. The Labute approximate surface area is 144 Å². The van der Waals surface area contributed by atoms with Crippen molar-refractivity contribution in [2.75, 3.05) is 50.5 Å². The molecule has 0 aromatic carbocycles. The second kappa shape index (κ2) is 8.58. The molecule has 8 heteroatoms. The molecule has 0 aromatic rings. The molecule has 1 aliphatic heterocycles. The first kappa shape index (κ1) is 18.9. The van der Waals surface area contributed by atoms with Crippen LogP contribution in [0.5, 0.6) is 0 Å². The monoisotopic (exact) mass is 362 g/mol. The van der Waals surface area contributed by atoms with Gasteiger partial charge in [0.15, 0.2) is 5.96 Å². The highest BCUT2D eigenvalue weighted by Crippen LogP contribution is 2.42. The minimum Gasteiger partial charge on any atom is -0.356 e. The summed E-state index contributed by atoms with van der Waals surface area (Å²) in [6.07, 6.45) is 5.04. The van der Waals surface area contributed by atoms with Crippen LogP contribution < -0.4 is 10.6 Å². The van der Waals surface area contributed by atoms with E-state index in [2.05, 4.69) is 22.5 Å². The number of hydrogen-bond donors (Lipinski definition) is 2. The highest BCUT2D eigenvalue weighted by Gasteiger charge is 2.34. The van der Waals surface area contributed by atoms with Crippen LogP contribution >= 0.6 is 11.8 Å². The SMILES string of the molecule is CCC1(CNC(=NC)NCCS(=O)(=O)N2CCSCC2)CCC1. The molecule has 2 fully saturated rings. The van der Waals surface area contributed by atoms with Crippen molar-refractivity contribution < 1.29 is 8.42 Å². The average Bonchev–Trinajstić information content (AvgIpc) is 2.53. The standard InChI is InChI=1S/C15H30N4O2S2/c1-3-15(5-4-6-15)13-18-14(16-2)17-7-12-23(20,21)19-8-10-22-11-9-19/h3-13H2,1-2H3,(H2,16,17,18). The van der Waals surface area contributed by atoms with E-state index in [-0.39, 0.29) is 5.75 Å². The summed E-state index contributed by atoms with van der Waals surface area (Å²) in [5.41, 5.74) is 0.412. The van der Waals surface area contributed by atoms with Crippen molar-refractivity contribution in [3.8, 4) is 0 Å². The van der Waals surface area contributed by atoms with Crippen molar-refractivity contribution in [1.82, 2.24) is 14.9 Å². The number of guanidine groups is 1. The van der Waals surface area contributed by atoms with Crippen LogP contribution in [0.1, 0.15) is 32.6 Å². The minimum absolute atomic E-state index is 0.122. The lowest BCUT2D eigenvalue weighted by atomic mass is 9.67. The predicted molar refractivity (Wildman–Crippen MR) is 98.6 cm³/mol. The third kappa shape index (κ3) is 5.26. The second-order valence-electron chi connectivity index (χ2n) is 6.39. The Kier molecular flexibility index (Phi) is 7.03. The fourth-order valence-electron chi connectivity index (χ4n) is 3.08. The lowest BCUT2D eigenvalue weighted by molar-refractivity contribution is 0.131. The van der Waals surface area contributed by atoms with Crippen LogP contribution in [0, 0.1) is 5.41 Å². The van der Waals surface area contributed by atoms with Crippen LogP contribution in [0.3, 0.4) is 0 Å². The zero-order chi connectivity index (χ0) is 16.8. The van der Waals surface area contributed by atoms with Gasteiger partial charge in [0, 0.05) is 44.7 Å². The molecular formula is C15H30N4O2S2. The van der Waals surface area contributed by atoms with E-state index < -0.39 is 10.0 Å². The first-order valence-electron chi connectivity index (χ1n) is 8.51. The summed E-state index contributed by atoms with van der Waals surface area (Å²) in [5.74, 6) is 2.62. The molecule has 1 aliphatic carbocycles. The number of thioether (sulfide) groups is 1. The smallest absolute Gasteiger partial charge is 0.215 e. The fourth-order valence-corrected chi connectivity index (χ4v) is 5.57. The number of aliphatic imine (C=N–C) groups is 1. The predicted octanol–water partition coefficient (Wildman–Crippen LogP) is 1.11. The van der Waals surface area contributed by atoms with Gasteiger partial charge in [0.1, 0.15) is 0 Å². The maximum absolute atomic E-state index is 12.3. The van der Waals surface area contributed by atoms with Gasteiger partial charge in [-0.2, -0.15) is 11.8 Å². The van der Waals surface area contributed by atoms with Gasteiger partial charge in [-0.1, -0.05) is 13.3 Å². The zero-order valence-corrected chi connectivity index (χ0v) is 15.9. The number of nitrogens with one attached hydrogen (secondary N) is 2. The Morgan fingerprint density at radius 3 is 2.48 bits per heavy atom. The molecule has 0 bridgehead atoms. The zero-order valence-electron chi connectivity index (χ0n) is 14.3. The highest BCUT2D eigenvalue weighted by molar-refractivity contribution is 7.99. The van der Waals surface area contributed by atoms with Gasteiger partial charge in [0.05, 0.1) is 5.75 Å². The van der Waals surface area contributed by atoms with E-state index in [1.807, 2.05) is 11.8 Å². The summed E-state index contributed by atoms with van der Waals surface area (Å²) in [7, 11) is -1.43. The van der Waals surface area contributed by atoms with Gasteiger partial charge in [-0.15, -0.1) is 0 Å². The number of rotatable bonds is 7. The molecule has 2 aliphatic rings. The third-order valence-corrected chi connectivity index (χ3v) is 7.85. The van der Waals surface area contributed by atoms with Crippen molar-refractivity contribution in [3.05, 3.63) is 0 Å². The molecule has 0 atom stereocenters. The Morgan fingerprint density at radius 1 is 1.26 bits per heavy atom. The Balaban J connectivity index is 1.72. The van der Waals surface area contributed by atoms with Gasteiger partial charge >= 0.3 is 0 Å². The Bertz CT molecular complexity index is 492. The van der Waals surface area contributed by atoms with E-state index >= 15 is 0 Å². The minimum atomic E-state index is -3.15. The van der Waals surface area contributed by atoms with Crippen molar-refractivity contribution in [1.29, 1.82) is 0 Å². The van der Waals surface area contributed by atoms with Crippen molar-refractivity contribution in [3.63, 3.8) is 0 Å². The van der Waals surface area contributed by atoms with Crippen LogP contribution in [0.15, 0.2) is 4.99 Å². The molecule has 1 saturated heterocycles. The van der Waals surface area contributed by atoms with Crippen molar-refractivity contribution >= 4 is 27.7 Å². The van der Waals surface area contributed by atoms with Crippen molar-refractivity contribution in [2.24, 2.45) is 10.4 Å². The van der Waals surface area contributed by atoms with Gasteiger partial charge in [0.25, 0.3) is 0 Å². The van der Waals surface area contributed by atoms with Gasteiger partial charge in [-0.25, -0.2) is 12.7 Å². The number of hydrogen-bond acceptors (Lipinski definition) is 4. The molecule has 0 spiro atoms. The molecule has 134 valence electrons. The Morgan fingerprint density at radius 2 is 1.96 bits per heavy atom. The summed E-state index contributed by atoms with van der Waals surface area (Å²) in [4.78, 5) is 4.20. The van der Waals surface area contributed by atoms with Gasteiger partial charge < -0.3 is 10.6 Å². The summed E-state index contributed by atoms with van der Waals surface area (Å²) < 4.78 is 26.2. The quantitative estimate of drug-likeness (QED) is 0.524. The molecule has 0 radical (unpaired) electrons. The summed E-state index contributed by atoms with van der Waals surface area (Å²) in [5, 5.41) is 6.49. The topological polar surface area (TPSA) is 73.8 Å². The summed E-state index contributed by atoms with van der Waals surface area (Å²) in [6.45, 7) is 4.82. The molecule has 1 saturated carbocycles. The molecule has 6 nitrogen and oxygen atoms in total. The van der Waals surface area contributed by atoms with Gasteiger partial charge in [-0.05, 0) is 24.7 Å². The average molecular weight is 363 g/mol. The lowest BCUT2D eigenvalue weighted by Crippen LogP contribution is -2.48.